The fourth-order valence-corrected chi connectivity index (χ4v) is 1.77. The first kappa shape index (κ1) is 8.11. The van der Waals surface area contributed by atoms with Gasteiger partial charge >= 0.3 is 0 Å². The summed E-state index contributed by atoms with van der Waals surface area (Å²) in [6, 6.07) is 8.43. The van der Waals surface area contributed by atoms with E-state index in [9.17, 15) is 0 Å². The van der Waals surface area contributed by atoms with Gasteiger partial charge in [-0.05, 0) is 11.6 Å². The summed E-state index contributed by atoms with van der Waals surface area (Å²) < 4.78 is 0. The highest BCUT2D eigenvalue weighted by molar-refractivity contribution is 5.64. The van der Waals surface area contributed by atoms with E-state index in [2.05, 4.69) is 42.3 Å². The first-order valence-corrected chi connectivity index (χ1v) is 4.47. The summed E-state index contributed by atoms with van der Waals surface area (Å²) >= 11 is 0. The second-order valence-electron chi connectivity index (χ2n) is 3.27. The van der Waals surface area contributed by atoms with Crippen LogP contribution in [0.25, 0.3) is 0 Å². The lowest BCUT2D eigenvalue weighted by Crippen LogP contribution is -2.17. The van der Waals surface area contributed by atoms with Gasteiger partial charge in [-0.1, -0.05) is 30.9 Å². The van der Waals surface area contributed by atoms with Crippen molar-refractivity contribution in [2.75, 3.05) is 11.4 Å². The highest BCUT2D eigenvalue weighted by Crippen LogP contribution is 2.32. The van der Waals surface area contributed by atoms with E-state index in [-0.39, 0.29) is 0 Å². The number of hydrogen-bond donors (Lipinski definition) is 0. The van der Waals surface area contributed by atoms with Crippen LogP contribution < -0.4 is 4.90 Å². The molecule has 0 bridgehead atoms. The number of nitrogens with zero attached hydrogens (tertiary/aromatic N) is 1. The van der Waals surface area contributed by atoms with Crippen LogP contribution in [0.5, 0.6) is 0 Å². The van der Waals surface area contributed by atoms with Crippen LogP contribution in [0.4, 0.5) is 5.69 Å². The molecule has 1 aromatic carbocycles. The van der Waals surface area contributed by atoms with E-state index in [1.165, 1.54) is 16.9 Å². The van der Waals surface area contributed by atoms with Gasteiger partial charge in [0.05, 0.1) is 0 Å². The minimum atomic E-state index is 0.857. The molecule has 1 nitrogen and oxygen atoms in total. The minimum absolute atomic E-state index is 0.857. The van der Waals surface area contributed by atoms with Gasteiger partial charge in [-0.3, -0.25) is 0 Å². The first-order valence-electron chi connectivity index (χ1n) is 4.47. The van der Waals surface area contributed by atoms with Crippen molar-refractivity contribution in [1.82, 2.24) is 0 Å². The third-order valence-electron chi connectivity index (χ3n) is 2.37. The Morgan fingerprint density at radius 1 is 1.38 bits per heavy atom. The summed E-state index contributed by atoms with van der Waals surface area (Å²) in [5, 5.41) is 0. The normalized spacial score (nSPS) is 14.5. The van der Waals surface area contributed by atoms with E-state index in [0.29, 0.717) is 0 Å². The zero-order valence-corrected chi connectivity index (χ0v) is 7.66. The summed E-state index contributed by atoms with van der Waals surface area (Å²) in [7, 11) is 0. The van der Waals surface area contributed by atoms with E-state index >= 15 is 0 Å². The highest BCUT2D eigenvalue weighted by atomic mass is 15.2. The van der Waals surface area contributed by atoms with Crippen molar-refractivity contribution in [3.63, 3.8) is 0 Å². The molecule has 0 atom stereocenters. The summed E-state index contributed by atoms with van der Waals surface area (Å²) in [5.74, 6) is 0. The lowest BCUT2D eigenvalue weighted by molar-refractivity contribution is 1.03. The molecule has 0 amide bonds. The second kappa shape index (κ2) is 3.09. The van der Waals surface area contributed by atoms with Crippen LogP contribution in [0.2, 0.25) is 0 Å². The van der Waals surface area contributed by atoms with Gasteiger partial charge in [0.2, 0.25) is 0 Å². The van der Waals surface area contributed by atoms with Crippen molar-refractivity contribution in [2.45, 2.75) is 6.42 Å². The molecule has 1 heteroatoms. The smallest absolute Gasteiger partial charge is 0.0447 e. The molecule has 0 fully saturated rings. The van der Waals surface area contributed by atoms with Gasteiger partial charge in [0.15, 0.2) is 0 Å². The maximum Gasteiger partial charge on any atom is 0.0447 e. The zero-order valence-electron chi connectivity index (χ0n) is 7.66. The maximum atomic E-state index is 4.05. The molecule has 0 saturated carbocycles. The SMILES string of the molecule is C=CCN1C(=C)Cc2ccccc21. The van der Waals surface area contributed by atoms with Crippen LogP contribution in [0.15, 0.2) is 49.2 Å². The number of para-hydroxylation sites is 1. The Bertz CT molecular complexity index is 352. The molecule has 0 saturated heterocycles. The first-order chi connectivity index (χ1) is 6.33. The summed E-state index contributed by atoms with van der Waals surface area (Å²) in [4.78, 5) is 2.21. The van der Waals surface area contributed by atoms with E-state index in [1.54, 1.807) is 0 Å². The number of hydrogen-bond acceptors (Lipinski definition) is 1. The molecule has 1 aliphatic heterocycles. The predicted octanol–water partition coefficient (Wildman–Crippen LogP) is 2.75. The molecule has 0 spiro atoms. The molecule has 1 aliphatic rings. The average Bonchev–Trinajstić information content (AvgIpc) is 2.44. The summed E-state index contributed by atoms with van der Waals surface area (Å²) in [5.41, 5.74) is 3.82. The Balaban J connectivity index is 2.40. The average molecular weight is 171 g/mol. The lowest BCUT2D eigenvalue weighted by atomic mass is 10.1. The van der Waals surface area contributed by atoms with Gasteiger partial charge in [0.1, 0.15) is 0 Å². The van der Waals surface area contributed by atoms with Gasteiger partial charge in [0, 0.05) is 24.4 Å². The molecule has 0 aliphatic carbocycles. The highest BCUT2D eigenvalue weighted by Gasteiger charge is 2.20. The van der Waals surface area contributed by atoms with Crippen molar-refractivity contribution in [1.29, 1.82) is 0 Å². The van der Waals surface area contributed by atoms with Gasteiger partial charge in [-0.25, -0.2) is 0 Å². The van der Waals surface area contributed by atoms with Crippen molar-refractivity contribution < 1.29 is 0 Å². The number of allylic oxidation sites excluding steroid dienone is 1. The van der Waals surface area contributed by atoms with Crippen molar-refractivity contribution >= 4 is 5.69 Å². The van der Waals surface area contributed by atoms with Crippen LogP contribution >= 0.6 is 0 Å². The fourth-order valence-electron chi connectivity index (χ4n) is 1.77. The monoisotopic (exact) mass is 171 g/mol. The lowest BCUT2D eigenvalue weighted by Gasteiger charge is -2.18. The van der Waals surface area contributed by atoms with Crippen LogP contribution in [0.3, 0.4) is 0 Å². The third kappa shape index (κ3) is 1.26. The van der Waals surface area contributed by atoms with Crippen LogP contribution in [-0.4, -0.2) is 6.54 Å². The molecular weight excluding hydrogens is 158 g/mol. The van der Waals surface area contributed by atoms with Gasteiger partial charge in [-0.15, -0.1) is 6.58 Å². The molecule has 0 N–H and O–H groups in total. The molecule has 0 radical (unpaired) electrons. The summed E-state index contributed by atoms with van der Waals surface area (Å²) in [6.45, 7) is 8.65. The Kier molecular flexibility index (Phi) is 1.93. The molecular formula is C12H13N. The quantitative estimate of drug-likeness (QED) is 0.618. The standard InChI is InChI=1S/C12H13N/c1-3-8-13-10(2)9-11-6-4-5-7-12(11)13/h3-7H,1-2,8-9H2. The van der Waals surface area contributed by atoms with E-state index in [4.69, 9.17) is 0 Å². The number of anilines is 1. The van der Waals surface area contributed by atoms with Gasteiger partial charge < -0.3 is 4.90 Å². The number of benzene rings is 1. The van der Waals surface area contributed by atoms with E-state index in [1.807, 2.05) is 6.08 Å². The van der Waals surface area contributed by atoms with Crippen molar-refractivity contribution in [3.05, 3.63) is 54.8 Å². The Labute approximate surface area is 79.0 Å². The van der Waals surface area contributed by atoms with E-state index in [0.717, 1.165) is 13.0 Å². The van der Waals surface area contributed by atoms with Crippen LogP contribution in [0.1, 0.15) is 5.56 Å². The fraction of sp³-hybridized carbons (Fsp3) is 0.167. The molecule has 66 valence electrons. The Hall–Kier alpha value is -1.50. The Morgan fingerprint density at radius 3 is 2.92 bits per heavy atom. The third-order valence-corrected chi connectivity index (χ3v) is 2.37. The molecule has 13 heavy (non-hydrogen) atoms. The van der Waals surface area contributed by atoms with Crippen LogP contribution in [0, 0.1) is 0 Å². The van der Waals surface area contributed by atoms with Gasteiger partial charge in [-0.2, -0.15) is 0 Å². The predicted molar refractivity (Wildman–Crippen MR) is 56.8 cm³/mol. The maximum absolute atomic E-state index is 4.05. The molecule has 1 heterocycles. The number of fused-ring (bicyclic) bond motifs is 1. The number of rotatable bonds is 2. The topological polar surface area (TPSA) is 3.24 Å². The molecule has 0 aromatic heterocycles. The molecule has 2 rings (SSSR count). The summed E-state index contributed by atoms with van der Waals surface area (Å²) in [6.07, 6.45) is 2.89. The molecule has 1 aromatic rings. The van der Waals surface area contributed by atoms with Gasteiger partial charge in [0.25, 0.3) is 0 Å². The van der Waals surface area contributed by atoms with Crippen LogP contribution in [-0.2, 0) is 6.42 Å². The largest absolute Gasteiger partial charge is 0.341 e. The second-order valence-corrected chi connectivity index (χ2v) is 3.27. The van der Waals surface area contributed by atoms with E-state index < -0.39 is 0 Å². The molecule has 0 unspecified atom stereocenters. The zero-order chi connectivity index (χ0) is 9.26. The Morgan fingerprint density at radius 2 is 2.15 bits per heavy atom. The van der Waals surface area contributed by atoms with Crippen molar-refractivity contribution in [3.8, 4) is 0 Å². The minimum Gasteiger partial charge on any atom is -0.341 e. The van der Waals surface area contributed by atoms with Crippen molar-refractivity contribution in [2.24, 2.45) is 0 Å².